The van der Waals surface area contributed by atoms with Crippen molar-refractivity contribution in [2.24, 2.45) is 0 Å². The molecule has 0 aliphatic carbocycles. The summed E-state index contributed by atoms with van der Waals surface area (Å²) in [6.45, 7) is 15.4. The summed E-state index contributed by atoms with van der Waals surface area (Å²) in [4.78, 5) is 2.29. The molecule has 1 rings (SSSR count). The highest BCUT2D eigenvalue weighted by Gasteiger charge is 2.28. The van der Waals surface area contributed by atoms with Crippen molar-refractivity contribution in [1.29, 1.82) is 0 Å². The van der Waals surface area contributed by atoms with Gasteiger partial charge >= 0.3 is 0 Å². The number of nitrogens with zero attached hydrogens (tertiary/aromatic N) is 1. The van der Waals surface area contributed by atoms with E-state index in [4.69, 9.17) is 13.7 Å². The minimum Gasteiger partial charge on any atom is -0.493 e. The van der Waals surface area contributed by atoms with Crippen LogP contribution in [0.15, 0.2) is 18.2 Å². The Hall–Kier alpha value is -1.07. The molecule has 1 aromatic rings. The van der Waals surface area contributed by atoms with E-state index in [0.717, 1.165) is 36.9 Å². The number of hydrogen-bond acceptors (Lipinski definition) is 4. The Bertz CT molecular complexity index is 498. The van der Waals surface area contributed by atoms with Crippen molar-refractivity contribution in [3.63, 3.8) is 0 Å². The van der Waals surface area contributed by atoms with Gasteiger partial charge in [0.2, 0.25) is 0 Å². The highest BCUT2D eigenvalue weighted by molar-refractivity contribution is 8.29. The summed E-state index contributed by atoms with van der Waals surface area (Å²) in [5, 5.41) is 0. The quantitative estimate of drug-likeness (QED) is 0.614. The number of anilines is 1. The molecule has 0 unspecified atom stereocenters. The van der Waals surface area contributed by atoms with Crippen molar-refractivity contribution in [2.75, 3.05) is 51.3 Å². The molecule has 4 nitrogen and oxygen atoms in total. The first-order valence-corrected chi connectivity index (χ1v) is 11.4. The summed E-state index contributed by atoms with van der Waals surface area (Å²) < 4.78 is 17.1. The molecule has 0 atom stereocenters. The van der Waals surface area contributed by atoms with Crippen LogP contribution in [0.2, 0.25) is 0 Å². The van der Waals surface area contributed by atoms with Crippen LogP contribution in [0.4, 0.5) is 5.69 Å². The van der Waals surface area contributed by atoms with Crippen molar-refractivity contribution in [3.05, 3.63) is 18.2 Å². The van der Waals surface area contributed by atoms with Crippen molar-refractivity contribution in [1.82, 2.24) is 0 Å². The Morgan fingerprint density at radius 3 is 2.00 bits per heavy atom. The van der Waals surface area contributed by atoms with Crippen LogP contribution < -0.4 is 14.4 Å². The molecule has 0 amide bonds. The van der Waals surface area contributed by atoms with Gasteiger partial charge in [-0.2, -0.15) is 0 Å². The van der Waals surface area contributed by atoms with Gasteiger partial charge in [-0.1, -0.05) is 34.6 Å². The number of likely N-dealkylation sites (N-methyl/N-ethyl adjacent to an activating group) is 1. The Morgan fingerprint density at radius 2 is 1.56 bits per heavy atom. The molecule has 1 aromatic carbocycles. The number of ether oxygens (including phenoxy) is 2. The van der Waals surface area contributed by atoms with Gasteiger partial charge in [-0.3, -0.25) is 0 Å². The molecular formula is C20H39NO3S. The topological polar surface area (TPSA) is 30.9 Å². The van der Waals surface area contributed by atoms with Crippen LogP contribution in [0.5, 0.6) is 11.5 Å². The van der Waals surface area contributed by atoms with Crippen LogP contribution in [-0.2, 0) is 4.18 Å². The van der Waals surface area contributed by atoms with E-state index in [0.29, 0.717) is 0 Å². The first kappa shape index (κ1) is 23.9. The fraction of sp³-hybridized carbons (Fsp3) is 0.700. The lowest BCUT2D eigenvalue weighted by Gasteiger charge is -2.44. The van der Waals surface area contributed by atoms with Gasteiger partial charge in [0.05, 0.1) is 20.8 Å². The molecule has 25 heavy (non-hydrogen) atoms. The summed E-state index contributed by atoms with van der Waals surface area (Å²) >= 11 is 0. The van der Waals surface area contributed by atoms with Gasteiger partial charge in [0.25, 0.3) is 0 Å². The van der Waals surface area contributed by atoms with Gasteiger partial charge in [0.15, 0.2) is 11.5 Å². The van der Waals surface area contributed by atoms with E-state index in [-0.39, 0.29) is 4.75 Å². The van der Waals surface area contributed by atoms with Crippen molar-refractivity contribution in [2.45, 2.75) is 46.3 Å². The maximum atomic E-state index is 6.23. The Balaban J connectivity index is 0.00000277. The van der Waals surface area contributed by atoms with Crippen LogP contribution in [0, 0.1) is 0 Å². The average Bonchev–Trinajstić information content (AvgIpc) is 2.59. The monoisotopic (exact) mass is 373 g/mol. The fourth-order valence-electron chi connectivity index (χ4n) is 2.02. The van der Waals surface area contributed by atoms with Gasteiger partial charge in [-0.15, -0.1) is 10.3 Å². The van der Waals surface area contributed by atoms with E-state index in [1.165, 1.54) is 0 Å². The first-order valence-electron chi connectivity index (χ1n) is 9.00. The van der Waals surface area contributed by atoms with Crippen LogP contribution in [-0.4, -0.2) is 51.2 Å². The smallest absolute Gasteiger partial charge is 0.162 e. The zero-order valence-corrected chi connectivity index (χ0v) is 18.8. The van der Waals surface area contributed by atoms with E-state index >= 15 is 0 Å². The third-order valence-corrected chi connectivity index (χ3v) is 8.03. The predicted octanol–water partition coefficient (Wildman–Crippen LogP) is 5.35. The van der Waals surface area contributed by atoms with Gasteiger partial charge in [0.1, 0.15) is 0 Å². The molecule has 0 radical (unpaired) electrons. The van der Waals surface area contributed by atoms with Gasteiger partial charge in [0, 0.05) is 29.6 Å². The van der Waals surface area contributed by atoms with E-state index in [1.54, 1.807) is 14.2 Å². The third-order valence-electron chi connectivity index (χ3n) is 4.33. The highest BCUT2D eigenvalue weighted by Crippen LogP contribution is 2.53. The molecule has 0 aromatic heterocycles. The minimum absolute atomic E-state index is 0.188. The van der Waals surface area contributed by atoms with Gasteiger partial charge < -0.3 is 18.6 Å². The molecule has 148 valence electrons. The Kier molecular flexibility index (Phi) is 10.4. The lowest BCUT2D eigenvalue weighted by Crippen LogP contribution is -2.30. The molecule has 0 aliphatic heterocycles. The molecule has 0 bridgehead atoms. The van der Waals surface area contributed by atoms with Gasteiger partial charge in [-0.05, 0) is 31.6 Å². The fourth-order valence-corrected chi connectivity index (χ4v) is 2.87. The molecule has 5 heteroatoms. The standard InChI is InChI=1S/C18H33NO3S.C2H6/c1-9-19(12-13-22-23(7,8)18(2,3)4)15-10-11-16(20-5)17(14-15)21-6;1-2/h10-11,14H,9,12-13H2,1-8H3;1-2H3. The zero-order valence-electron chi connectivity index (χ0n) is 17.9. The first-order chi connectivity index (χ1) is 11.7. The predicted molar refractivity (Wildman–Crippen MR) is 114 cm³/mol. The van der Waals surface area contributed by atoms with Crippen molar-refractivity contribution < 1.29 is 13.7 Å². The van der Waals surface area contributed by atoms with Crippen LogP contribution in [0.25, 0.3) is 0 Å². The summed E-state index contributed by atoms with van der Waals surface area (Å²) in [6.07, 6.45) is 4.47. The Morgan fingerprint density at radius 1 is 1.00 bits per heavy atom. The number of hydrogen-bond donors (Lipinski definition) is 0. The van der Waals surface area contributed by atoms with Crippen LogP contribution in [0.1, 0.15) is 41.5 Å². The summed E-state index contributed by atoms with van der Waals surface area (Å²) in [7, 11) is 2.24. The molecule has 0 N–H and O–H groups in total. The molecule has 0 fully saturated rings. The van der Waals surface area contributed by atoms with E-state index < -0.39 is 10.3 Å². The summed E-state index contributed by atoms with van der Waals surface area (Å²) in [5.41, 5.74) is 1.12. The molecule has 0 heterocycles. The lowest BCUT2D eigenvalue weighted by molar-refractivity contribution is 0.352. The van der Waals surface area contributed by atoms with E-state index in [2.05, 4.69) is 51.2 Å². The third kappa shape index (κ3) is 6.98. The van der Waals surface area contributed by atoms with Crippen LogP contribution in [0.3, 0.4) is 0 Å². The molecule has 0 spiro atoms. The van der Waals surface area contributed by atoms with E-state index in [1.807, 2.05) is 26.0 Å². The number of benzene rings is 1. The average molecular weight is 374 g/mol. The molecular weight excluding hydrogens is 334 g/mol. The van der Waals surface area contributed by atoms with Crippen molar-refractivity contribution in [3.8, 4) is 11.5 Å². The summed E-state index contributed by atoms with van der Waals surface area (Å²) in [5.74, 6) is 1.51. The molecule has 0 saturated heterocycles. The maximum absolute atomic E-state index is 6.23. The number of rotatable bonds is 8. The van der Waals surface area contributed by atoms with Crippen molar-refractivity contribution >= 4 is 16.0 Å². The second-order valence-corrected chi connectivity index (χ2v) is 10.7. The molecule has 0 saturated carbocycles. The van der Waals surface area contributed by atoms with E-state index in [9.17, 15) is 0 Å². The second-order valence-electron chi connectivity index (χ2n) is 6.79. The van der Waals surface area contributed by atoms with Crippen LogP contribution >= 0.6 is 10.3 Å². The second kappa shape index (κ2) is 10.8. The highest BCUT2D eigenvalue weighted by atomic mass is 32.3. The SMILES string of the molecule is CC.CCN(CCOS(C)(C)C(C)(C)C)c1ccc(OC)c(OC)c1. The maximum Gasteiger partial charge on any atom is 0.162 e. The normalized spacial score (nSPS) is 12.1. The largest absolute Gasteiger partial charge is 0.493 e. The molecule has 0 aliphatic rings. The zero-order chi connectivity index (χ0) is 19.7. The lowest BCUT2D eigenvalue weighted by atomic mass is 10.2. The minimum atomic E-state index is -1.08. The number of methoxy groups -OCH3 is 2. The van der Waals surface area contributed by atoms with Gasteiger partial charge in [-0.25, -0.2) is 0 Å². The Labute approximate surface area is 157 Å². The summed E-state index contributed by atoms with van der Waals surface area (Å²) in [6, 6.07) is 6.03.